The van der Waals surface area contributed by atoms with Crippen molar-refractivity contribution in [2.75, 3.05) is 0 Å². The fourth-order valence-corrected chi connectivity index (χ4v) is 4.10. The predicted molar refractivity (Wildman–Crippen MR) is 142 cm³/mol. The predicted octanol–water partition coefficient (Wildman–Crippen LogP) is 9.26. The summed E-state index contributed by atoms with van der Waals surface area (Å²) in [6.45, 7) is 15.5. The van der Waals surface area contributed by atoms with Crippen LogP contribution >= 0.6 is 11.6 Å². The maximum absolute atomic E-state index is 6.33. The molecule has 0 fully saturated rings. The second-order valence-corrected chi connectivity index (χ2v) is 18.4. The van der Waals surface area contributed by atoms with Crippen LogP contribution in [0.25, 0.3) is 21.9 Å². The van der Waals surface area contributed by atoms with Gasteiger partial charge in [-0.15, -0.1) is 45.6 Å². The van der Waals surface area contributed by atoms with Gasteiger partial charge in [-0.05, 0) is 11.4 Å². The summed E-state index contributed by atoms with van der Waals surface area (Å²) in [5, 5.41) is 3.28. The fraction of sp³-hybridized carbons (Fsp3) is 0.310. The quantitative estimate of drug-likeness (QED) is 0.180. The minimum atomic E-state index is 0.210. The third kappa shape index (κ3) is 7.14. The van der Waals surface area contributed by atoms with Gasteiger partial charge in [0.1, 0.15) is 0 Å². The molecule has 4 aromatic rings. The Balaban J connectivity index is 0.000000233. The molecule has 0 amide bonds. The van der Waals surface area contributed by atoms with Crippen LogP contribution < -0.4 is 0 Å². The normalized spacial score (nSPS) is 10.3. The molecule has 3 heteroatoms. The largest absolute Gasteiger partial charge is 0.196 e. The molecule has 0 heterocycles. The second kappa shape index (κ2) is 12.9. The molecule has 32 heavy (non-hydrogen) atoms. The van der Waals surface area contributed by atoms with Gasteiger partial charge in [-0.25, -0.2) is 0 Å². The Bertz CT molecular complexity index is 1140. The van der Waals surface area contributed by atoms with Crippen LogP contribution in [0.5, 0.6) is 0 Å². The number of benzene rings is 2. The molecule has 0 spiro atoms. The first kappa shape index (κ1) is 27.0. The summed E-state index contributed by atoms with van der Waals surface area (Å²) in [7, 11) is 0. The monoisotopic (exact) mass is 536 g/mol. The SMILES string of the molecule is CCCc1[cH-]c2c(Cl)cccc2c1-c1ccccc1.C[Si](C)=[Zr+2].Cc1[cH-]c(C)c(C)c1C. The van der Waals surface area contributed by atoms with Crippen molar-refractivity contribution in [3.05, 3.63) is 93.5 Å². The molecule has 0 aliphatic rings. The van der Waals surface area contributed by atoms with Crippen molar-refractivity contribution in [1.29, 1.82) is 0 Å². The van der Waals surface area contributed by atoms with E-state index < -0.39 is 0 Å². The zero-order valence-electron chi connectivity index (χ0n) is 20.6. The van der Waals surface area contributed by atoms with Crippen LogP contribution in [0.3, 0.4) is 0 Å². The Hall–Kier alpha value is -1.21. The summed E-state index contributed by atoms with van der Waals surface area (Å²) in [6.07, 6.45) is 2.24. The molecule has 0 bridgehead atoms. The third-order valence-electron chi connectivity index (χ3n) is 5.72. The molecule has 0 nitrogen and oxygen atoms in total. The van der Waals surface area contributed by atoms with Gasteiger partial charge in [0, 0.05) is 0 Å². The fourth-order valence-electron chi connectivity index (χ4n) is 3.87. The van der Waals surface area contributed by atoms with Crippen LogP contribution in [0.15, 0.2) is 60.7 Å². The Kier molecular flexibility index (Phi) is 10.9. The molecule has 0 aromatic heterocycles. The number of hydrogen-bond donors (Lipinski definition) is 0. The van der Waals surface area contributed by atoms with Gasteiger partial charge in [0.15, 0.2) is 0 Å². The van der Waals surface area contributed by atoms with Crippen LogP contribution in [0.1, 0.15) is 41.2 Å². The van der Waals surface area contributed by atoms with Crippen molar-refractivity contribution in [1.82, 2.24) is 0 Å². The van der Waals surface area contributed by atoms with Crippen LogP contribution in [0.4, 0.5) is 0 Å². The molecular formula is C29H35ClSiZr. The molecule has 0 unspecified atom stereocenters. The van der Waals surface area contributed by atoms with Crippen LogP contribution in [-0.2, 0) is 29.8 Å². The van der Waals surface area contributed by atoms with Gasteiger partial charge in [-0.1, -0.05) is 89.1 Å². The van der Waals surface area contributed by atoms with E-state index >= 15 is 0 Å². The second-order valence-electron chi connectivity index (χ2n) is 8.62. The zero-order valence-corrected chi connectivity index (χ0v) is 24.8. The first-order valence-corrected chi connectivity index (χ1v) is 17.9. The van der Waals surface area contributed by atoms with E-state index in [1.165, 1.54) is 49.7 Å². The molecule has 166 valence electrons. The number of fused-ring (bicyclic) bond motifs is 1. The van der Waals surface area contributed by atoms with E-state index in [-0.39, 0.29) is 5.43 Å². The number of rotatable bonds is 3. The summed E-state index contributed by atoms with van der Waals surface area (Å²) in [5.74, 6) is 0. The Morgan fingerprint density at radius 2 is 1.41 bits per heavy atom. The van der Waals surface area contributed by atoms with Crippen molar-refractivity contribution < 1.29 is 23.3 Å². The van der Waals surface area contributed by atoms with Crippen molar-refractivity contribution in [3.8, 4) is 11.1 Å². The van der Waals surface area contributed by atoms with Gasteiger partial charge < -0.3 is 0 Å². The van der Waals surface area contributed by atoms with Crippen LogP contribution in [-0.4, -0.2) is 5.43 Å². The summed E-state index contributed by atoms with van der Waals surface area (Å²) in [4.78, 5) is 0. The van der Waals surface area contributed by atoms with Crippen molar-refractivity contribution in [2.45, 2.75) is 60.6 Å². The van der Waals surface area contributed by atoms with Gasteiger partial charge in [0.25, 0.3) is 0 Å². The summed E-state index contributed by atoms with van der Waals surface area (Å²) in [6, 6.07) is 21.3. The standard InChI is InChI=1S/C18H16Cl.C9H13.C2H6Si.Zr/c1-2-7-14-12-16-15(10-6-11-17(16)19)18(14)13-8-4-3-5-9-13;1-6-5-7(2)9(4)8(6)3;1-3-2;/h3-6,8-12H,2,7H2,1H3;5H,1-4H3;1-2H3;/q2*-1;;+2. The Labute approximate surface area is 215 Å². The summed E-state index contributed by atoms with van der Waals surface area (Å²) >= 11 is 8.07. The zero-order chi connectivity index (χ0) is 23.8. The van der Waals surface area contributed by atoms with Gasteiger partial charge >= 0.3 is 41.9 Å². The summed E-state index contributed by atoms with van der Waals surface area (Å²) < 4.78 is 0. The Morgan fingerprint density at radius 1 is 0.844 bits per heavy atom. The average molecular weight is 538 g/mol. The Morgan fingerprint density at radius 3 is 1.88 bits per heavy atom. The van der Waals surface area contributed by atoms with Gasteiger partial charge in [-0.2, -0.15) is 28.3 Å². The average Bonchev–Trinajstić information content (AvgIpc) is 3.22. The molecule has 0 aliphatic carbocycles. The first-order chi connectivity index (χ1) is 15.2. The van der Waals surface area contributed by atoms with Crippen molar-refractivity contribution in [2.24, 2.45) is 0 Å². The number of halogens is 1. The van der Waals surface area contributed by atoms with Crippen molar-refractivity contribution in [3.63, 3.8) is 0 Å². The first-order valence-electron chi connectivity index (χ1n) is 11.3. The molecule has 0 atom stereocenters. The van der Waals surface area contributed by atoms with E-state index in [1.54, 1.807) is 23.3 Å². The van der Waals surface area contributed by atoms with Crippen molar-refractivity contribution >= 4 is 27.8 Å². The van der Waals surface area contributed by atoms with Crippen LogP contribution in [0.2, 0.25) is 18.1 Å². The third-order valence-corrected chi connectivity index (χ3v) is 6.05. The number of hydrogen-bond acceptors (Lipinski definition) is 0. The van der Waals surface area contributed by atoms with E-state index in [4.69, 9.17) is 11.6 Å². The molecule has 4 rings (SSSR count). The molecular weight excluding hydrogens is 503 g/mol. The molecule has 4 aromatic carbocycles. The maximum Gasteiger partial charge on any atom is -0.0632 e. The molecule has 0 saturated carbocycles. The van der Waals surface area contributed by atoms with E-state index in [9.17, 15) is 0 Å². The van der Waals surface area contributed by atoms with Gasteiger partial charge in [-0.3, -0.25) is 0 Å². The molecule has 0 radical (unpaired) electrons. The molecule has 0 saturated heterocycles. The van der Waals surface area contributed by atoms with Gasteiger partial charge in [0.2, 0.25) is 0 Å². The molecule has 0 N–H and O–H groups in total. The minimum absolute atomic E-state index is 0.210. The number of aryl methyl sites for hydroxylation is 3. The van der Waals surface area contributed by atoms with Crippen LogP contribution in [0, 0.1) is 27.7 Å². The van der Waals surface area contributed by atoms with E-state index in [2.05, 4.69) is 96.2 Å². The minimum Gasteiger partial charge on any atom is -0.196 e. The topological polar surface area (TPSA) is 0 Å². The smallest absolute Gasteiger partial charge is 0.0632 e. The summed E-state index contributed by atoms with van der Waals surface area (Å²) in [5.41, 5.74) is 9.98. The molecule has 0 aliphatic heterocycles. The van der Waals surface area contributed by atoms with Gasteiger partial charge in [0.05, 0.1) is 0 Å². The van der Waals surface area contributed by atoms with E-state index in [0.29, 0.717) is 0 Å². The van der Waals surface area contributed by atoms with E-state index in [0.717, 1.165) is 17.9 Å². The van der Waals surface area contributed by atoms with E-state index in [1.807, 2.05) is 12.1 Å². The maximum atomic E-state index is 6.33.